The van der Waals surface area contributed by atoms with E-state index in [0.29, 0.717) is 50.3 Å². The van der Waals surface area contributed by atoms with E-state index in [-0.39, 0.29) is 17.5 Å². The van der Waals surface area contributed by atoms with Gasteiger partial charge in [0.15, 0.2) is 0 Å². The van der Waals surface area contributed by atoms with Gasteiger partial charge >= 0.3 is 6.09 Å². The van der Waals surface area contributed by atoms with E-state index in [4.69, 9.17) is 9.47 Å². The molecule has 2 aromatic rings. The SMILES string of the molecule is CC(C)(C)OC(=O)NCCc1nc2ccc(F)c(C(=O)N3CCOCC3)c2n1C1CC1. The number of rotatable bonds is 5. The second-order valence-corrected chi connectivity index (χ2v) is 9.00. The largest absolute Gasteiger partial charge is 0.444 e. The van der Waals surface area contributed by atoms with Crippen molar-refractivity contribution in [1.82, 2.24) is 19.8 Å². The predicted molar refractivity (Wildman–Crippen MR) is 113 cm³/mol. The summed E-state index contributed by atoms with van der Waals surface area (Å²) in [5.41, 5.74) is 0.644. The molecule has 0 unspecified atom stereocenters. The van der Waals surface area contributed by atoms with Crippen LogP contribution in [0.1, 0.15) is 55.8 Å². The first-order chi connectivity index (χ1) is 14.7. The third-order valence-electron chi connectivity index (χ3n) is 5.32. The highest BCUT2D eigenvalue weighted by Crippen LogP contribution is 2.40. The Kier molecular flexibility index (Phi) is 5.88. The number of alkyl carbamates (subject to hydrolysis) is 1. The van der Waals surface area contributed by atoms with E-state index in [9.17, 15) is 14.0 Å². The summed E-state index contributed by atoms with van der Waals surface area (Å²) in [4.78, 5) is 31.5. The number of hydrogen-bond acceptors (Lipinski definition) is 5. The molecule has 168 valence electrons. The molecular formula is C22H29FN4O4. The van der Waals surface area contributed by atoms with Crippen molar-refractivity contribution >= 4 is 23.0 Å². The van der Waals surface area contributed by atoms with Crippen molar-refractivity contribution in [2.45, 2.75) is 51.7 Å². The maximum absolute atomic E-state index is 14.9. The van der Waals surface area contributed by atoms with Crippen LogP contribution in [-0.4, -0.2) is 64.9 Å². The number of aromatic nitrogens is 2. The van der Waals surface area contributed by atoms with Crippen LogP contribution >= 0.6 is 0 Å². The molecule has 1 aliphatic heterocycles. The summed E-state index contributed by atoms with van der Waals surface area (Å²) >= 11 is 0. The summed E-state index contributed by atoms with van der Waals surface area (Å²) < 4.78 is 27.5. The second kappa shape index (κ2) is 8.45. The number of benzene rings is 1. The number of ether oxygens (including phenoxy) is 2. The van der Waals surface area contributed by atoms with Crippen molar-refractivity contribution in [2.24, 2.45) is 0 Å². The van der Waals surface area contributed by atoms with Gasteiger partial charge in [-0.1, -0.05) is 0 Å². The molecule has 1 aromatic carbocycles. The smallest absolute Gasteiger partial charge is 0.407 e. The lowest BCUT2D eigenvalue weighted by Crippen LogP contribution is -2.41. The van der Waals surface area contributed by atoms with E-state index in [0.717, 1.165) is 18.7 Å². The molecule has 2 heterocycles. The maximum Gasteiger partial charge on any atom is 0.407 e. The van der Waals surface area contributed by atoms with Gasteiger partial charge in [0.05, 0.1) is 24.2 Å². The van der Waals surface area contributed by atoms with Crippen molar-refractivity contribution in [3.8, 4) is 0 Å². The predicted octanol–water partition coefficient (Wildman–Crippen LogP) is 3.05. The van der Waals surface area contributed by atoms with Crippen LogP contribution in [-0.2, 0) is 15.9 Å². The van der Waals surface area contributed by atoms with Gasteiger partial charge in [0.2, 0.25) is 0 Å². The molecule has 2 amide bonds. The zero-order valence-electron chi connectivity index (χ0n) is 18.2. The van der Waals surface area contributed by atoms with E-state index in [1.54, 1.807) is 31.7 Å². The van der Waals surface area contributed by atoms with E-state index < -0.39 is 17.5 Å². The van der Waals surface area contributed by atoms with Crippen molar-refractivity contribution in [3.63, 3.8) is 0 Å². The van der Waals surface area contributed by atoms with Gasteiger partial charge in [-0.3, -0.25) is 4.79 Å². The Balaban J connectivity index is 1.61. The topological polar surface area (TPSA) is 85.7 Å². The Morgan fingerprint density at radius 3 is 2.61 bits per heavy atom. The van der Waals surface area contributed by atoms with Crippen LogP contribution in [0.5, 0.6) is 0 Å². The quantitative estimate of drug-likeness (QED) is 0.785. The van der Waals surface area contributed by atoms with Crippen molar-refractivity contribution < 1.29 is 23.5 Å². The highest BCUT2D eigenvalue weighted by Gasteiger charge is 2.33. The first-order valence-electron chi connectivity index (χ1n) is 10.8. The number of carbonyl (C=O) groups is 2. The zero-order chi connectivity index (χ0) is 22.2. The van der Waals surface area contributed by atoms with Crippen molar-refractivity contribution in [1.29, 1.82) is 0 Å². The third-order valence-corrected chi connectivity index (χ3v) is 5.32. The summed E-state index contributed by atoms with van der Waals surface area (Å²) in [6.45, 7) is 7.54. The van der Waals surface area contributed by atoms with Gasteiger partial charge in [0.1, 0.15) is 22.8 Å². The van der Waals surface area contributed by atoms with Crippen LogP contribution in [0.4, 0.5) is 9.18 Å². The Hall–Kier alpha value is -2.68. The minimum absolute atomic E-state index is 0.0742. The van der Waals surface area contributed by atoms with Crippen LogP contribution in [0, 0.1) is 5.82 Å². The Bertz CT molecular complexity index is 988. The highest BCUT2D eigenvalue weighted by atomic mass is 19.1. The molecule has 1 aliphatic carbocycles. The second-order valence-electron chi connectivity index (χ2n) is 9.00. The van der Waals surface area contributed by atoms with Crippen molar-refractivity contribution in [3.05, 3.63) is 29.3 Å². The van der Waals surface area contributed by atoms with Gasteiger partial charge in [-0.2, -0.15) is 0 Å². The number of carbonyl (C=O) groups excluding carboxylic acids is 2. The van der Waals surface area contributed by atoms with Gasteiger partial charge in [-0.25, -0.2) is 14.2 Å². The lowest BCUT2D eigenvalue weighted by Gasteiger charge is -2.27. The first-order valence-corrected chi connectivity index (χ1v) is 10.8. The summed E-state index contributed by atoms with van der Waals surface area (Å²) in [6.07, 6.45) is 1.88. The fraction of sp³-hybridized carbons (Fsp3) is 0.591. The van der Waals surface area contributed by atoms with Crippen LogP contribution in [0.25, 0.3) is 11.0 Å². The number of halogens is 1. The normalized spacial score (nSPS) is 17.1. The Labute approximate surface area is 180 Å². The molecule has 1 saturated carbocycles. The minimum atomic E-state index is -0.572. The molecule has 2 fully saturated rings. The van der Waals surface area contributed by atoms with Crippen LogP contribution in [0.15, 0.2) is 12.1 Å². The molecule has 4 rings (SSSR count). The molecule has 0 spiro atoms. The average Bonchev–Trinajstić information content (AvgIpc) is 3.48. The summed E-state index contributed by atoms with van der Waals surface area (Å²) in [5.74, 6) is -0.133. The molecule has 31 heavy (non-hydrogen) atoms. The molecule has 1 N–H and O–H groups in total. The third kappa shape index (κ3) is 4.81. The molecule has 0 bridgehead atoms. The van der Waals surface area contributed by atoms with E-state index in [2.05, 4.69) is 10.3 Å². The molecule has 0 radical (unpaired) electrons. The molecule has 9 heteroatoms. The number of nitrogens with zero attached hydrogens (tertiary/aromatic N) is 3. The number of fused-ring (bicyclic) bond motifs is 1. The van der Waals surface area contributed by atoms with E-state index in [1.807, 2.05) is 4.57 Å². The summed E-state index contributed by atoms with van der Waals surface area (Å²) in [5, 5.41) is 2.74. The zero-order valence-corrected chi connectivity index (χ0v) is 18.2. The van der Waals surface area contributed by atoms with E-state index >= 15 is 0 Å². The standard InChI is InChI=1S/C22H29FN4O4/c1-22(2,3)31-21(29)24-9-8-17-25-16-7-6-15(23)18(19(16)27(17)14-4-5-14)20(28)26-10-12-30-13-11-26/h6-7,14H,4-5,8-13H2,1-3H3,(H,24,29). The Morgan fingerprint density at radius 2 is 1.97 bits per heavy atom. The number of amides is 2. The molecule has 8 nitrogen and oxygen atoms in total. The lowest BCUT2D eigenvalue weighted by molar-refractivity contribution is 0.0301. The molecule has 0 atom stereocenters. The first kappa shape index (κ1) is 21.5. The summed E-state index contributed by atoms with van der Waals surface area (Å²) in [7, 11) is 0. The van der Waals surface area contributed by atoms with Crippen LogP contribution < -0.4 is 5.32 Å². The van der Waals surface area contributed by atoms with Gasteiger partial charge in [-0.15, -0.1) is 0 Å². The van der Waals surface area contributed by atoms with Crippen molar-refractivity contribution in [2.75, 3.05) is 32.8 Å². The lowest BCUT2D eigenvalue weighted by atomic mass is 10.1. The monoisotopic (exact) mass is 432 g/mol. The number of nitrogens with one attached hydrogen (secondary N) is 1. The maximum atomic E-state index is 14.9. The van der Waals surface area contributed by atoms with Gasteiger partial charge < -0.3 is 24.3 Å². The fourth-order valence-corrected chi connectivity index (χ4v) is 3.83. The highest BCUT2D eigenvalue weighted by molar-refractivity contribution is 6.05. The fourth-order valence-electron chi connectivity index (χ4n) is 3.83. The molecule has 1 aromatic heterocycles. The van der Waals surface area contributed by atoms with Gasteiger partial charge in [0, 0.05) is 32.1 Å². The summed E-state index contributed by atoms with van der Waals surface area (Å²) in [6, 6.07) is 3.12. The average molecular weight is 432 g/mol. The van der Waals surface area contributed by atoms with E-state index in [1.165, 1.54) is 6.07 Å². The molecule has 1 saturated heterocycles. The Morgan fingerprint density at radius 1 is 1.26 bits per heavy atom. The molecular weight excluding hydrogens is 403 g/mol. The van der Waals surface area contributed by atoms with Crippen LogP contribution in [0.3, 0.4) is 0 Å². The van der Waals surface area contributed by atoms with Crippen LogP contribution in [0.2, 0.25) is 0 Å². The number of hydrogen-bond donors (Lipinski definition) is 1. The molecule has 2 aliphatic rings. The van der Waals surface area contributed by atoms with Gasteiger partial charge in [-0.05, 0) is 45.7 Å². The number of imidazole rings is 1. The number of morpholine rings is 1. The minimum Gasteiger partial charge on any atom is -0.444 e. The van der Waals surface area contributed by atoms with Gasteiger partial charge in [0.25, 0.3) is 5.91 Å².